The highest BCUT2D eigenvalue weighted by Gasteiger charge is 2.25. The van der Waals surface area contributed by atoms with Crippen molar-refractivity contribution >= 4 is 54.7 Å². The van der Waals surface area contributed by atoms with Crippen LogP contribution >= 0.6 is 0 Å². The van der Waals surface area contributed by atoms with Crippen LogP contribution in [0.2, 0.25) is 0 Å². The van der Waals surface area contributed by atoms with Crippen molar-refractivity contribution in [3.63, 3.8) is 0 Å². The van der Waals surface area contributed by atoms with Crippen LogP contribution in [0.1, 0.15) is 22.3 Å². The Hall–Kier alpha value is -4.31. The lowest BCUT2D eigenvalue weighted by molar-refractivity contribution is 0.410. The Morgan fingerprint density at radius 1 is 0.500 bits per heavy atom. The predicted molar refractivity (Wildman–Crippen MR) is 165 cm³/mol. The molecule has 0 aliphatic heterocycles. The fourth-order valence-corrected chi connectivity index (χ4v) is 6.43. The topological polar surface area (TPSA) is 182 Å². The molecule has 0 atom stereocenters. The fourth-order valence-electron chi connectivity index (χ4n) is 4.23. The maximum atomic E-state index is 12.0. The highest BCUT2D eigenvalue weighted by atomic mass is 32.2. The first kappa shape index (κ1) is 32.6. The van der Waals surface area contributed by atoms with Crippen molar-refractivity contribution in [2.24, 2.45) is 0 Å². The summed E-state index contributed by atoms with van der Waals surface area (Å²) in [6.45, 7) is 0. The van der Waals surface area contributed by atoms with Crippen molar-refractivity contribution in [2.45, 2.75) is 14.7 Å². The Morgan fingerprint density at radius 3 is 1.32 bits per heavy atom. The van der Waals surface area contributed by atoms with Gasteiger partial charge in [0.2, 0.25) is 0 Å². The van der Waals surface area contributed by atoms with Crippen molar-refractivity contribution < 1.29 is 48.4 Å². The zero-order valence-electron chi connectivity index (χ0n) is 23.1. The van der Waals surface area contributed by atoms with Gasteiger partial charge in [0.15, 0.2) is 0 Å². The summed E-state index contributed by atoms with van der Waals surface area (Å²) in [6, 6.07) is 20.5. The van der Waals surface area contributed by atoms with Gasteiger partial charge < -0.3 is 9.47 Å². The SMILES string of the molecule is COc1ccc(C=Cc2ccc(-c3ccc(C=Cc4c(S(=O)(=O)O)cc(OC)cc4S(=O)(=O)O)cc3)cc2)c(S(=O)(=O)O)c1. The summed E-state index contributed by atoms with van der Waals surface area (Å²) in [4.78, 5) is -1.80. The van der Waals surface area contributed by atoms with Crippen molar-refractivity contribution in [3.05, 3.63) is 101 Å². The van der Waals surface area contributed by atoms with Crippen LogP contribution in [0.3, 0.4) is 0 Å². The Kier molecular flexibility index (Phi) is 9.44. The largest absolute Gasteiger partial charge is 0.497 e. The number of hydrogen-bond acceptors (Lipinski definition) is 8. The van der Waals surface area contributed by atoms with E-state index in [1.165, 1.54) is 32.4 Å². The first-order valence-corrected chi connectivity index (χ1v) is 16.8. The Morgan fingerprint density at radius 2 is 0.909 bits per heavy atom. The molecule has 0 aliphatic rings. The molecule has 230 valence electrons. The minimum atomic E-state index is -4.89. The van der Waals surface area contributed by atoms with Crippen molar-refractivity contribution in [1.82, 2.24) is 0 Å². The van der Waals surface area contributed by atoms with Crippen LogP contribution in [0.5, 0.6) is 11.5 Å². The van der Waals surface area contributed by atoms with Crippen LogP contribution in [0.4, 0.5) is 0 Å². The van der Waals surface area contributed by atoms with Crippen LogP contribution in [0.25, 0.3) is 35.4 Å². The number of ether oxygens (including phenoxy) is 2. The van der Waals surface area contributed by atoms with Crippen LogP contribution in [0.15, 0.2) is 93.5 Å². The highest BCUT2D eigenvalue weighted by Crippen LogP contribution is 2.31. The summed E-state index contributed by atoms with van der Waals surface area (Å²) in [5.41, 5.74) is 2.82. The molecule has 0 fully saturated rings. The van der Waals surface area contributed by atoms with Gasteiger partial charge in [-0.05, 0) is 39.9 Å². The van der Waals surface area contributed by atoms with Gasteiger partial charge in [0.05, 0.1) is 14.2 Å². The first-order valence-electron chi connectivity index (χ1n) is 12.5. The molecule has 0 heterocycles. The molecule has 0 amide bonds. The van der Waals surface area contributed by atoms with Gasteiger partial charge in [0, 0.05) is 23.8 Å². The van der Waals surface area contributed by atoms with Gasteiger partial charge in [0.25, 0.3) is 30.4 Å². The standard InChI is InChI=1S/C30H26O11S3/c1-40-25-15-14-24(28(17-25)42(31,32)33)13-7-20-3-9-22(10-4-20)23-11-5-21(6-12-23)8-16-27-29(43(34,35)36)18-26(41-2)19-30(27)44(37,38)39/h3-19H,1-2H3,(H,31,32,33)(H,34,35,36)(H,37,38,39). The van der Waals surface area contributed by atoms with E-state index in [0.29, 0.717) is 5.56 Å². The molecular formula is C30H26O11S3. The molecule has 44 heavy (non-hydrogen) atoms. The molecule has 11 nitrogen and oxygen atoms in total. The van der Waals surface area contributed by atoms with E-state index < -0.39 is 45.7 Å². The molecule has 0 unspecified atom stereocenters. The van der Waals surface area contributed by atoms with Gasteiger partial charge >= 0.3 is 0 Å². The van der Waals surface area contributed by atoms with Crippen molar-refractivity contribution in [1.29, 1.82) is 0 Å². The quantitative estimate of drug-likeness (QED) is 0.146. The van der Waals surface area contributed by atoms with Crippen LogP contribution in [-0.4, -0.2) is 53.1 Å². The van der Waals surface area contributed by atoms with E-state index in [9.17, 15) is 38.9 Å². The maximum absolute atomic E-state index is 12.0. The highest BCUT2D eigenvalue weighted by molar-refractivity contribution is 7.87. The normalized spacial score (nSPS) is 12.6. The second-order valence-electron chi connectivity index (χ2n) is 9.28. The number of benzene rings is 4. The molecule has 0 saturated heterocycles. The van der Waals surface area contributed by atoms with Gasteiger partial charge in [-0.1, -0.05) is 72.8 Å². The predicted octanol–water partition coefficient (Wildman–Crippen LogP) is 5.45. The van der Waals surface area contributed by atoms with E-state index in [1.807, 2.05) is 24.3 Å². The smallest absolute Gasteiger partial charge is 0.295 e. The summed E-state index contributed by atoms with van der Waals surface area (Å²) < 4.78 is 110. The van der Waals surface area contributed by atoms with E-state index in [2.05, 4.69) is 0 Å². The molecule has 0 spiro atoms. The molecular weight excluding hydrogens is 633 g/mol. The zero-order valence-corrected chi connectivity index (χ0v) is 25.6. The second kappa shape index (κ2) is 12.7. The molecule has 4 aromatic carbocycles. The Labute approximate surface area is 255 Å². The molecule has 3 N–H and O–H groups in total. The third kappa shape index (κ3) is 7.79. The molecule has 0 bridgehead atoms. The second-order valence-corrected chi connectivity index (χ2v) is 13.4. The van der Waals surface area contributed by atoms with E-state index in [0.717, 1.165) is 34.9 Å². The summed E-state index contributed by atoms with van der Waals surface area (Å²) in [5.74, 6) is 0.0870. The van der Waals surface area contributed by atoms with Crippen LogP contribution < -0.4 is 9.47 Å². The summed E-state index contributed by atoms with van der Waals surface area (Å²) in [7, 11) is -11.7. The molecule has 0 saturated carbocycles. The first-order chi connectivity index (χ1) is 20.6. The van der Waals surface area contributed by atoms with E-state index in [4.69, 9.17) is 9.47 Å². The number of methoxy groups -OCH3 is 2. The fraction of sp³-hybridized carbons (Fsp3) is 0.0667. The lowest BCUT2D eigenvalue weighted by Gasteiger charge is -2.11. The van der Waals surface area contributed by atoms with Crippen LogP contribution in [-0.2, 0) is 30.4 Å². The van der Waals surface area contributed by atoms with E-state index >= 15 is 0 Å². The van der Waals surface area contributed by atoms with Gasteiger partial charge in [-0.2, -0.15) is 25.3 Å². The number of hydrogen-bond donors (Lipinski definition) is 3. The van der Waals surface area contributed by atoms with Crippen molar-refractivity contribution in [3.8, 4) is 22.6 Å². The third-order valence-corrected chi connectivity index (χ3v) is 9.12. The molecule has 4 aromatic rings. The molecule has 0 aliphatic carbocycles. The monoisotopic (exact) mass is 658 g/mol. The summed E-state index contributed by atoms with van der Waals surface area (Å²) in [6.07, 6.45) is 5.82. The minimum absolute atomic E-state index is 0.197. The molecule has 0 radical (unpaired) electrons. The molecule has 14 heteroatoms. The van der Waals surface area contributed by atoms with Crippen LogP contribution in [0, 0.1) is 0 Å². The minimum Gasteiger partial charge on any atom is -0.497 e. The summed E-state index contributed by atoms with van der Waals surface area (Å²) in [5, 5.41) is 0. The average molecular weight is 659 g/mol. The number of rotatable bonds is 10. The van der Waals surface area contributed by atoms with Crippen molar-refractivity contribution in [2.75, 3.05) is 14.2 Å². The van der Waals surface area contributed by atoms with E-state index in [1.54, 1.807) is 42.5 Å². The maximum Gasteiger partial charge on any atom is 0.295 e. The van der Waals surface area contributed by atoms with E-state index in [-0.39, 0.29) is 22.0 Å². The third-order valence-electron chi connectivity index (χ3n) is 6.42. The lowest BCUT2D eigenvalue weighted by Crippen LogP contribution is -2.08. The van der Waals surface area contributed by atoms with Gasteiger partial charge in [-0.15, -0.1) is 0 Å². The Bertz CT molecular complexity index is 2030. The average Bonchev–Trinajstić information content (AvgIpc) is 2.97. The Balaban J connectivity index is 1.58. The molecule has 4 rings (SSSR count). The summed E-state index contributed by atoms with van der Waals surface area (Å²) >= 11 is 0. The van der Waals surface area contributed by atoms with Gasteiger partial charge in [0.1, 0.15) is 26.2 Å². The molecule has 0 aromatic heterocycles. The lowest BCUT2D eigenvalue weighted by atomic mass is 10.0. The van der Waals surface area contributed by atoms with Gasteiger partial charge in [-0.25, -0.2) is 0 Å². The zero-order chi connectivity index (χ0) is 32.3. The van der Waals surface area contributed by atoms with Gasteiger partial charge in [-0.3, -0.25) is 13.7 Å².